The predicted octanol–water partition coefficient (Wildman–Crippen LogP) is 1.26. The molecule has 0 aliphatic rings. The summed E-state index contributed by atoms with van der Waals surface area (Å²) in [6, 6.07) is 4.16. The van der Waals surface area contributed by atoms with E-state index in [1.165, 1.54) is 18.2 Å². The topological polar surface area (TPSA) is 72.6 Å². The van der Waals surface area contributed by atoms with Crippen LogP contribution in [0.25, 0.3) is 0 Å². The Morgan fingerprint density at radius 2 is 2.31 bits per heavy atom. The molecule has 0 unspecified atom stereocenters. The highest BCUT2D eigenvalue weighted by atomic mass is 79.9. The molecule has 1 aromatic rings. The molecular weight excluding hydrogens is 241 g/mol. The van der Waals surface area contributed by atoms with Crippen molar-refractivity contribution in [2.45, 2.75) is 0 Å². The van der Waals surface area contributed by atoms with Crippen LogP contribution < -0.4 is 4.65 Å². The Kier molecular flexibility index (Phi) is 3.27. The van der Waals surface area contributed by atoms with E-state index in [0.29, 0.717) is 12.2 Å². The van der Waals surface area contributed by atoms with E-state index < -0.39 is 4.92 Å². The van der Waals surface area contributed by atoms with E-state index >= 15 is 0 Å². The summed E-state index contributed by atoms with van der Waals surface area (Å²) in [7, 11) is 0.465. The number of hydrogen-bond donors (Lipinski definition) is 1. The van der Waals surface area contributed by atoms with Crippen molar-refractivity contribution >= 4 is 29.3 Å². The minimum atomic E-state index is -0.547. The minimum Gasteiger partial charge on any atom is -0.537 e. The van der Waals surface area contributed by atoms with Crippen LogP contribution in [0.5, 0.6) is 5.75 Å². The molecule has 1 N–H and O–H groups in total. The molecule has 0 aliphatic heterocycles. The van der Waals surface area contributed by atoms with Crippen molar-refractivity contribution in [3.8, 4) is 5.75 Å². The predicted molar refractivity (Wildman–Crippen MR) is 49.4 cm³/mol. The van der Waals surface area contributed by atoms with E-state index in [4.69, 9.17) is 5.02 Å². The zero-order valence-corrected chi connectivity index (χ0v) is 7.89. The van der Waals surface area contributed by atoms with Gasteiger partial charge in [0, 0.05) is 0 Å². The van der Waals surface area contributed by atoms with Crippen molar-refractivity contribution in [1.29, 1.82) is 0 Å². The van der Waals surface area contributed by atoms with Gasteiger partial charge in [-0.1, -0.05) is 0 Å². The first-order valence-corrected chi connectivity index (χ1v) is 4.01. The van der Waals surface area contributed by atoms with Gasteiger partial charge in [-0.25, -0.2) is 0 Å². The van der Waals surface area contributed by atoms with Crippen LogP contribution in [-0.4, -0.2) is 17.6 Å². The highest BCUT2D eigenvalue weighted by molar-refractivity contribution is 9.10. The number of nitro groups is 1. The Hall–Kier alpha value is -1.08. The Bertz CT molecular complexity index is 332. The van der Waals surface area contributed by atoms with E-state index in [9.17, 15) is 10.1 Å². The standard InChI is InChI=1S/C6H4BBrNO4/c8-5-2-1-4(13-7-10)3-6(5)9(11)12/h1-3,10H. The second kappa shape index (κ2) is 4.24. The number of halogens is 1. The average Bonchev–Trinajstić information content (AvgIpc) is 2.08. The maximum Gasteiger partial charge on any atom is 0.569 e. The molecule has 0 aliphatic carbocycles. The largest absolute Gasteiger partial charge is 0.569 e. The van der Waals surface area contributed by atoms with E-state index in [2.05, 4.69) is 20.6 Å². The van der Waals surface area contributed by atoms with Gasteiger partial charge in [-0.3, -0.25) is 10.1 Å². The zero-order chi connectivity index (χ0) is 9.84. The SMILES string of the molecule is O=[N+]([O-])c1cc(O[B]O)ccc1Br. The third kappa shape index (κ3) is 2.43. The zero-order valence-electron chi connectivity index (χ0n) is 6.31. The quantitative estimate of drug-likeness (QED) is 0.494. The highest BCUT2D eigenvalue weighted by Crippen LogP contribution is 2.28. The van der Waals surface area contributed by atoms with Crippen LogP contribution in [0.4, 0.5) is 5.69 Å². The number of hydrogen-bond acceptors (Lipinski definition) is 4. The van der Waals surface area contributed by atoms with Crippen LogP contribution in [0.2, 0.25) is 0 Å². The molecule has 1 rings (SSSR count). The highest BCUT2D eigenvalue weighted by Gasteiger charge is 2.12. The Morgan fingerprint density at radius 1 is 1.62 bits per heavy atom. The first-order valence-electron chi connectivity index (χ1n) is 3.21. The third-order valence-corrected chi connectivity index (χ3v) is 1.97. The molecule has 0 saturated heterocycles. The average molecular weight is 245 g/mol. The smallest absolute Gasteiger partial charge is 0.537 e. The van der Waals surface area contributed by atoms with Gasteiger partial charge in [0.2, 0.25) is 0 Å². The van der Waals surface area contributed by atoms with Crippen LogP contribution in [0, 0.1) is 10.1 Å². The summed E-state index contributed by atoms with van der Waals surface area (Å²) in [5.74, 6) is 0.206. The number of rotatable bonds is 3. The fourth-order valence-corrected chi connectivity index (χ4v) is 1.16. The molecule has 0 spiro atoms. The van der Waals surface area contributed by atoms with Gasteiger partial charge in [0.05, 0.1) is 15.5 Å². The lowest BCUT2D eigenvalue weighted by atomic mass is 10.3. The van der Waals surface area contributed by atoms with Crippen LogP contribution in [-0.2, 0) is 0 Å². The van der Waals surface area contributed by atoms with Gasteiger partial charge in [-0.15, -0.1) is 0 Å². The van der Waals surface area contributed by atoms with Gasteiger partial charge < -0.3 is 9.68 Å². The van der Waals surface area contributed by atoms with Crippen molar-refractivity contribution in [3.63, 3.8) is 0 Å². The van der Waals surface area contributed by atoms with Gasteiger partial charge >= 0.3 is 7.69 Å². The maximum absolute atomic E-state index is 10.4. The summed E-state index contributed by atoms with van der Waals surface area (Å²) < 4.78 is 4.92. The summed E-state index contributed by atoms with van der Waals surface area (Å²) in [6.07, 6.45) is 0. The molecule has 1 radical (unpaired) electrons. The molecule has 0 saturated carbocycles. The first kappa shape index (κ1) is 10.0. The lowest BCUT2D eigenvalue weighted by molar-refractivity contribution is -0.385. The molecule has 0 atom stereocenters. The van der Waals surface area contributed by atoms with Crippen LogP contribution in [0.15, 0.2) is 22.7 Å². The van der Waals surface area contributed by atoms with Gasteiger partial charge in [0.1, 0.15) is 5.75 Å². The number of benzene rings is 1. The fraction of sp³-hybridized carbons (Fsp3) is 0. The Balaban J connectivity index is 3.04. The molecule has 5 nitrogen and oxygen atoms in total. The van der Waals surface area contributed by atoms with E-state index in [1.807, 2.05) is 0 Å². The molecule has 1 aromatic carbocycles. The molecule has 67 valence electrons. The molecule has 0 bridgehead atoms. The fourth-order valence-electron chi connectivity index (χ4n) is 0.767. The number of nitro benzene ring substituents is 1. The van der Waals surface area contributed by atoms with Crippen molar-refractivity contribution < 1.29 is 14.6 Å². The van der Waals surface area contributed by atoms with E-state index in [1.54, 1.807) is 0 Å². The Morgan fingerprint density at radius 3 is 2.85 bits per heavy atom. The maximum atomic E-state index is 10.4. The summed E-state index contributed by atoms with van der Waals surface area (Å²) in [5.41, 5.74) is -0.112. The normalized spacial score (nSPS) is 9.38. The van der Waals surface area contributed by atoms with Crippen LogP contribution in [0.1, 0.15) is 0 Å². The second-order valence-corrected chi connectivity index (χ2v) is 2.95. The molecule has 13 heavy (non-hydrogen) atoms. The monoisotopic (exact) mass is 244 g/mol. The Labute approximate surface area is 82.9 Å². The minimum absolute atomic E-state index is 0.112. The summed E-state index contributed by atoms with van der Waals surface area (Å²) in [4.78, 5) is 9.88. The van der Waals surface area contributed by atoms with Crippen molar-refractivity contribution in [2.24, 2.45) is 0 Å². The summed E-state index contributed by atoms with van der Waals surface area (Å²) >= 11 is 3.01. The van der Waals surface area contributed by atoms with Crippen LogP contribution >= 0.6 is 15.9 Å². The van der Waals surface area contributed by atoms with Gasteiger partial charge in [-0.2, -0.15) is 0 Å². The van der Waals surface area contributed by atoms with Crippen molar-refractivity contribution in [3.05, 3.63) is 32.8 Å². The van der Waals surface area contributed by atoms with E-state index in [-0.39, 0.29) is 11.4 Å². The van der Waals surface area contributed by atoms with Crippen LogP contribution in [0.3, 0.4) is 0 Å². The van der Waals surface area contributed by atoms with Crippen molar-refractivity contribution in [1.82, 2.24) is 0 Å². The molecule has 7 heteroatoms. The molecule has 0 amide bonds. The lowest BCUT2D eigenvalue weighted by Crippen LogP contribution is -2.00. The second-order valence-electron chi connectivity index (χ2n) is 2.09. The molecule has 0 heterocycles. The molecular formula is C6H4BBrNO4. The van der Waals surface area contributed by atoms with Gasteiger partial charge in [0.15, 0.2) is 0 Å². The summed E-state index contributed by atoms with van der Waals surface area (Å²) in [5, 5.41) is 18.7. The summed E-state index contributed by atoms with van der Waals surface area (Å²) in [6.45, 7) is 0. The third-order valence-electron chi connectivity index (χ3n) is 1.30. The lowest BCUT2D eigenvalue weighted by Gasteiger charge is -2.01. The van der Waals surface area contributed by atoms with E-state index in [0.717, 1.165) is 0 Å². The molecule has 0 aromatic heterocycles. The van der Waals surface area contributed by atoms with Gasteiger partial charge in [0.25, 0.3) is 5.69 Å². The van der Waals surface area contributed by atoms with Crippen molar-refractivity contribution in [2.75, 3.05) is 0 Å². The molecule has 0 fully saturated rings. The first-order chi connectivity index (χ1) is 6.15. The number of nitrogens with zero attached hydrogens (tertiary/aromatic N) is 1. The van der Waals surface area contributed by atoms with Gasteiger partial charge in [-0.05, 0) is 28.1 Å².